The minimum Gasteiger partial charge on any atom is -0.494 e. The number of aliphatic hydroxyl groups excluding tert-OH is 1. The predicted octanol–water partition coefficient (Wildman–Crippen LogP) is 2.39. The fourth-order valence-electron chi connectivity index (χ4n) is 1.33. The number of ether oxygens (including phenoxy) is 1. The summed E-state index contributed by atoms with van der Waals surface area (Å²) in [5.74, 6) is -0.0289. The van der Waals surface area contributed by atoms with Crippen molar-refractivity contribution in [1.82, 2.24) is 0 Å². The summed E-state index contributed by atoms with van der Waals surface area (Å²) < 4.78 is 18.5. The van der Waals surface area contributed by atoms with Crippen molar-refractivity contribution in [3.8, 4) is 5.75 Å². The first-order valence-electron chi connectivity index (χ1n) is 5.05. The quantitative estimate of drug-likeness (QED) is 0.830. The fourth-order valence-corrected chi connectivity index (χ4v) is 1.33. The summed E-state index contributed by atoms with van der Waals surface area (Å²) in [5.41, 5.74) is 0.496. The van der Waals surface area contributed by atoms with Crippen LogP contribution in [-0.2, 0) is 6.42 Å². The molecule has 0 radical (unpaired) electrons. The largest absolute Gasteiger partial charge is 0.494 e. The fraction of sp³-hybridized carbons (Fsp3) is 0.500. The molecular formula is C12H17FO2. The third kappa shape index (κ3) is 2.93. The summed E-state index contributed by atoms with van der Waals surface area (Å²) in [6.45, 7) is 3.81. The first kappa shape index (κ1) is 12.0. The van der Waals surface area contributed by atoms with E-state index in [0.717, 1.165) is 0 Å². The van der Waals surface area contributed by atoms with E-state index >= 15 is 0 Å². The Morgan fingerprint density at radius 1 is 1.40 bits per heavy atom. The number of rotatable bonds is 4. The molecule has 0 fully saturated rings. The second-order valence-corrected chi connectivity index (χ2v) is 3.95. The molecule has 84 valence electrons. The molecule has 0 aliphatic heterocycles. The molecule has 1 atom stereocenters. The second-order valence-electron chi connectivity index (χ2n) is 3.95. The molecule has 1 aromatic carbocycles. The molecule has 0 saturated heterocycles. The van der Waals surface area contributed by atoms with Gasteiger partial charge in [-0.15, -0.1) is 0 Å². The van der Waals surface area contributed by atoms with Crippen molar-refractivity contribution in [3.05, 3.63) is 29.6 Å². The SMILES string of the molecule is COc1cccc(CC(O)C(C)C)c1F. The van der Waals surface area contributed by atoms with Crippen LogP contribution in [0.4, 0.5) is 4.39 Å². The van der Waals surface area contributed by atoms with Crippen molar-refractivity contribution in [1.29, 1.82) is 0 Å². The zero-order chi connectivity index (χ0) is 11.4. The van der Waals surface area contributed by atoms with Gasteiger partial charge in [-0.1, -0.05) is 26.0 Å². The number of benzene rings is 1. The standard InChI is InChI=1S/C12H17FO2/c1-8(2)10(14)7-9-5-4-6-11(15-3)12(9)13/h4-6,8,10,14H,7H2,1-3H3. The number of hydrogen-bond acceptors (Lipinski definition) is 2. The van der Waals surface area contributed by atoms with Gasteiger partial charge in [-0.25, -0.2) is 4.39 Å². The molecule has 0 aliphatic rings. The van der Waals surface area contributed by atoms with E-state index in [1.54, 1.807) is 18.2 Å². The maximum absolute atomic E-state index is 13.7. The van der Waals surface area contributed by atoms with Crippen LogP contribution in [0.2, 0.25) is 0 Å². The minimum atomic E-state index is -0.522. The number of hydrogen-bond donors (Lipinski definition) is 1. The van der Waals surface area contributed by atoms with Crippen molar-refractivity contribution >= 4 is 0 Å². The topological polar surface area (TPSA) is 29.5 Å². The molecule has 1 rings (SSSR count). The maximum atomic E-state index is 13.7. The van der Waals surface area contributed by atoms with Gasteiger partial charge in [-0.05, 0) is 17.5 Å². The van der Waals surface area contributed by atoms with Gasteiger partial charge in [0.2, 0.25) is 0 Å². The van der Waals surface area contributed by atoms with E-state index in [9.17, 15) is 9.50 Å². The van der Waals surface area contributed by atoms with Crippen LogP contribution in [0, 0.1) is 11.7 Å². The Bertz CT molecular complexity index is 323. The Kier molecular flexibility index (Phi) is 4.09. The van der Waals surface area contributed by atoms with Crippen molar-refractivity contribution in [2.75, 3.05) is 7.11 Å². The normalized spacial score (nSPS) is 12.9. The summed E-state index contributed by atoms with van der Waals surface area (Å²) in [6.07, 6.45) is -0.202. The van der Waals surface area contributed by atoms with Crippen molar-refractivity contribution in [2.45, 2.75) is 26.4 Å². The average Bonchev–Trinajstić information content (AvgIpc) is 2.21. The lowest BCUT2D eigenvalue weighted by atomic mass is 9.99. The number of aliphatic hydroxyl groups is 1. The Morgan fingerprint density at radius 3 is 2.60 bits per heavy atom. The van der Waals surface area contributed by atoms with Gasteiger partial charge in [-0.2, -0.15) is 0 Å². The Hall–Kier alpha value is -1.09. The Morgan fingerprint density at radius 2 is 2.07 bits per heavy atom. The van der Waals surface area contributed by atoms with E-state index < -0.39 is 6.10 Å². The van der Waals surface area contributed by atoms with Crippen LogP contribution in [0.25, 0.3) is 0 Å². The first-order chi connectivity index (χ1) is 7.06. The van der Waals surface area contributed by atoms with Gasteiger partial charge in [0.15, 0.2) is 11.6 Å². The Labute approximate surface area is 89.7 Å². The van der Waals surface area contributed by atoms with Crippen molar-refractivity contribution < 1.29 is 14.2 Å². The molecular weight excluding hydrogens is 195 g/mol. The van der Waals surface area contributed by atoms with Crippen LogP contribution in [0.3, 0.4) is 0 Å². The first-order valence-corrected chi connectivity index (χ1v) is 5.05. The van der Waals surface area contributed by atoms with Gasteiger partial charge in [-0.3, -0.25) is 0 Å². The molecule has 0 bridgehead atoms. The highest BCUT2D eigenvalue weighted by Gasteiger charge is 2.14. The summed E-state index contributed by atoms with van der Waals surface area (Å²) in [6, 6.07) is 4.97. The molecule has 1 aromatic rings. The van der Waals surface area contributed by atoms with E-state index in [2.05, 4.69) is 0 Å². The summed E-state index contributed by atoms with van der Waals surface area (Å²) in [7, 11) is 1.43. The molecule has 0 aromatic heterocycles. The molecule has 0 heterocycles. The van der Waals surface area contributed by atoms with E-state index in [1.807, 2.05) is 13.8 Å². The average molecular weight is 212 g/mol. The van der Waals surface area contributed by atoms with E-state index in [4.69, 9.17) is 4.74 Å². The molecule has 1 N–H and O–H groups in total. The molecule has 2 nitrogen and oxygen atoms in total. The smallest absolute Gasteiger partial charge is 0.168 e. The monoisotopic (exact) mass is 212 g/mol. The van der Waals surface area contributed by atoms with Crippen molar-refractivity contribution in [2.24, 2.45) is 5.92 Å². The number of methoxy groups -OCH3 is 1. The number of halogens is 1. The van der Waals surface area contributed by atoms with Gasteiger partial charge in [0.05, 0.1) is 13.2 Å². The predicted molar refractivity (Wildman–Crippen MR) is 57.5 cm³/mol. The molecule has 0 amide bonds. The third-order valence-corrected chi connectivity index (χ3v) is 2.46. The molecule has 0 saturated carbocycles. The Balaban J connectivity index is 2.86. The molecule has 1 unspecified atom stereocenters. The highest BCUT2D eigenvalue weighted by molar-refractivity contribution is 5.31. The van der Waals surface area contributed by atoms with Gasteiger partial charge in [0.1, 0.15) is 0 Å². The summed E-state index contributed by atoms with van der Waals surface area (Å²) in [5, 5.41) is 9.66. The van der Waals surface area contributed by atoms with E-state index in [-0.39, 0.29) is 17.5 Å². The van der Waals surface area contributed by atoms with E-state index in [1.165, 1.54) is 7.11 Å². The van der Waals surface area contributed by atoms with Crippen LogP contribution in [0.15, 0.2) is 18.2 Å². The lowest BCUT2D eigenvalue weighted by Gasteiger charge is -2.15. The zero-order valence-electron chi connectivity index (χ0n) is 9.33. The second kappa shape index (κ2) is 5.12. The van der Waals surface area contributed by atoms with Crippen LogP contribution in [0.1, 0.15) is 19.4 Å². The molecule has 0 aliphatic carbocycles. The van der Waals surface area contributed by atoms with Crippen LogP contribution < -0.4 is 4.74 Å². The van der Waals surface area contributed by atoms with Crippen molar-refractivity contribution in [3.63, 3.8) is 0 Å². The van der Waals surface area contributed by atoms with Gasteiger partial charge in [0.25, 0.3) is 0 Å². The maximum Gasteiger partial charge on any atom is 0.168 e. The highest BCUT2D eigenvalue weighted by atomic mass is 19.1. The molecule has 15 heavy (non-hydrogen) atoms. The van der Waals surface area contributed by atoms with Crippen LogP contribution >= 0.6 is 0 Å². The molecule has 3 heteroatoms. The third-order valence-electron chi connectivity index (χ3n) is 2.46. The van der Waals surface area contributed by atoms with Gasteiger partial charge >= 0.3 is 0 Å². The molecule has 0 spiro atoms. The lowest BCUT2D eigenvalue weighted by Crippen LogP contribution is -2.18. The van der Waals surface area contributed by atoms with E-state index in [0.29, 0.717) is 12.0 Å². The van der Waals surface area contributed by atoms with Crippen LogP contribution in [0.5, 0.6) is 5.75 Å². The lowest BCUT2D eigenvalue weighted by molar-refractivity contribution is 0.124. The summed E-state index contributed by atoms with van der Waals surface area (Å²) >= 11 is 0. The van der Waals surface area contributed by atoms with Gasteiger partial charge < -0.3 is 9.84 Å². The zero-order valence-corrected chi connectivity index (χ0v) is 9.33. The van der Waals surface area contributed by atoms with Crippen LogP contribution in [-0.4, -0.2) is 18.3 Å². The summed E-state index contributed by atoms with van der Waals surface area (Å²) in [4.78, 5) is 0. The minimum absolute atomic E-state index is 0.121. The van der Waals surface area contributed by atoms with Gasteiger partial charge in [0, 0.05) is 6.42 Å². The highest BCUT2D eigenvalue weighted by Crippen LogP contribution is 2.22.